The Morgan fingerprint density at radius 3 is 2.50 bits per heavy atom. The van der Waals surface area contributed by atoms with Gasteiger partial charge in [-0.1, -0.05) is 48.5 Å². The highest BCUT2D eigenvalue weighted by molar-refractivity contribution is 5.47. The van der Waals surface area contributed by atoms with E-state index in [4.69, 9.17) is 5.73 Å². The second kappa shape index (κ2) is 3.97. The van der Waals surface area contributed by atoms with Crippen molar-refractivity contribution in [2.45, 2.75) is 6.42 Å². The molecular weight excluding hydrogens is 170 g/mol. The molecule has 0 atom stereocenters. The number of para-hydroxylation sites is 1. The number of nitrogens with two attached hydrogens (primary N) is 1. The van der Waals surface area contributed by atoms with Crippen molar-refractivity contribution in [3.8, 4) is 0 Å². The molecule has 0 aliphatic carbocycles. The number of benzene rings is 2. The Bertz CT molecular complexity index is 407. The SMILES string of the molecule is Nc1[c]cccc1Cc1ccccc1. The van der Waals surface area contributed by atoms with Gasteiger partial charge in [0.1, 0.15) is 0 Å². The van der Waals surface area contributed by atoms with Crippen molar-refractivity contribution in [3.05, 3.63) is 65.7 Å². The molecule has 0 fully saturated rings. The summed E-state index contributed by atoms with van der Waals surface area (Å²) in [6.45, 7) is 0. The van der Waals surface area contributed by atoms with E-state index < -0.39 is 0 Å². The normalized spacial score (nSPS) is 10.0. The van der Waals surface area contributed by atoms with E-state index in [1.807, 2.05) is 36.4 Å². The van der Waals surface area contributed by atoms with Gasteiger partial charge in [-0.2, -0.15) is 0 Å². The Morgan fingerprint density at radius 2 is 1.79 bits per heavy atom. The lowest BCUT2D eigenvalue weighted by Crippen LogP contribution is -1.94. The Kier molecular flexibility index (Phi) is 2.50. The van der Waals surface area contributed by atoms with Crippen molar-refractivity contribution < 1.29 is 0 Å². The summed E-state index contributed by atoms with van der Waals surface area (Å²) in [5, 5.41) is 0. The van der Waals surface area contributed by atoms with Crippen LogP contribution in [-0.2, 0) is 6.42 Å². The molecule has 0 aliphatic heterocycles. The van der Waals surface area contributed by atoms with Crippen LogP contribution in [0.25, 0.3) is 0 Å². The lowest BCUT2D eigenvalue weighted by Gasteiger charge is -2.04. The van der Waals surface area contributed by atoms with Gasteiger partial charge in [0.25, 0.3) is 0 Å². The number of nitrogen functional groups attached to an aromatic ring is 1. The summed E-state index contributed by atoms with van der Waals surface area (Å²) in [5.74, 6) is 0. The minimum Gasteiger partial charge on any atom is -0.398 e. The lowest BCUT2D eigenvalue weighted by molar-refractivity contribution is 1.20. The molecular formula is C13H12N. The molecule has 0 heterocycles. The maximum Gasteiger partial charge on any atom is 0.0430 e. The molecule has 2 aromatic rings. The molecule has 0 aromatic heterocycles. The topological polar surface area (TPSA) is 26.0 Å². The quantitative estimate of drug-likeness (QED) is 0.710. The molecule has 0 aliphatic rings. The highest BCUT2D eigenvalue weighted by Crippen LogP contribution is 2.14. The molecule has 0 saturated carbocycles. The number of hydrogen-bond donors (Lipinski definition) is 1. The van der Waals surface area contributed by atoms with E-state index >= 15 is 0 Å². The first kappa shape index (κ1) is 8.82. The molecule has 1 nitrogen and oxygen atoms in total. The van der Waals surface area contributed by atoms with Gasteiger partial charge in [-0.3, -0.25) is 0 Å². The van der Waals surface area contributed by atoms with Crippen LogP contribution in [0.5, 0.6) is 0 Å². The molecule has 69 valence electrons. The molecule has 0 amide bonds. The predicted molar refractivity (Wildman–Crippen MR) is 58.9 cm³/mol. The molecule has 1 heteroatoms. The van der Waals surface area contributed by atoms with E-state index in [1.165, 1.54) is 5.56 Å². The van der Waals surface area contributed by atoms with Crippen LogP contribution >= 0.6 is 0 Å². The van der Waals surface area contributed by atoms with Crippen molar-refractivity contribution in [2.24, 2.45) is 0 Å². The Balaban J connectivity index is 2.24. The summed E-state index contributed by atoms with van der Waals surface area (Å²) in [6, 6.07) is 19.1. The van der Waals surface area contributed by atoms with Gasteiger partial charge in [0.2, 0.25) is 0 Å². The zero-order valence-electron chi connectivity index (χ0n) is 7.90. The third kappa shape index (κ3) is 1.94. The third-order valence-electron chi connectivity index (χ3n) is 2.22. The van der Waals surface area contributed by atoms with E-state index in [0.717, 1.165) is 17.7 Å². The van der Waals surface area contributed by atoms with Gasteiger partial charge in [0.15, 0.2) is 0 Å². The Hall–Kier alpha value is -1.76. The highest BCUT2D eigenvalue weighted by atomic mass is 14.6. The number of anilines is 1. The molecule has 2 rings (SSSR count). The molecule has 14 heavy (non-hydrogen) atoms. The van der Waals surface area contributed by atoms with Crippen LogP contribution in [0.15, 0.2) is 48.5 Å². The van der Waals surface area contributed by atoms with E-state index in [9.17, 15) is 0 Å². The minimum absolute atomic E-state index is 0.747. The van der Waals surface area contributed by atoms with Crippen molar-refractivity contribution in [1.29, 1.82) is 0 Å². The predicted octanol–water partition coefficient (Wildman–Crippen LogP) is 2.66. The summed E-state index contributed by atoms with van der Waals surface area (Å²) < 4.78 is 0. The molecule has 0 unspecified atom stereocenters. The van der Waals surface area contributed by atoms with Crippen LogP contribution in [0.1, 0.15) is 11.1 Å². The maximum atomic E-state index is 5.81. The first-order valence-electron chi connectivity index (χ1n) is 4.65. The fourth-order valence-corrected chi connectivity index (χ4v) is 1.45. The molecule has 2 aromatic carbocycles. The van der Waals surface area contributed by atoms with Crippen LogP contribution in [0.4, 0.5) is 5.69 Å². The Labute approximate surface area is 84.2 Å². The number of rotatable bonds is 2. The number of hydrogen-bond acceptors (Lipinski definition) is 1. The van der Waals surface area contributed by atoms with Crippen molar-refractivity contribution in [1.82, 2.24) is 0 Å². The average Bonchev–Trinajstić information content (AvgIpc) is 2.23. The molecule has 1 radical (unpaired) electrons. The van der Waals surface area contributed by atoms with Gasteiger partial charge >= 0.3 is 0 Å². The van der Waals surface area contributed by atoms with Gasteiger partial charge in [0.05, 0.1) is 0 Å². The standard InChI is InChI=1S/C13H12N/c14-13-9-5-4-8-12(13)10-11-6-2-1-3-7-11/h1-8H,10,14H2. The van der Waals surface area contributed by atoms with Crippen molar-refractivity contribution in [3.63, 3.8) is 0 Å². The third-order valence-corrected chi connectivity index (χ3v) is 2.22. The zero-order valence-corrected chi connectivity index (χ0v) is 7.90. The fraction of sp³-hybridized carbons (Fsp3) is 0.0769. The monoisotopic (exact) mass is 182 g/mol. The summed E-state index contributed by atoms with van der Waals surface area (Å²) >= 11 is 0. The van der Waals surface area contributed by atoms with Crippen LogP contribution in [-0.4, -0.2) is 0 Å². The van der Waals surface area contributed by atoms with E-state index in [1.54, 1.807) is 0 Å². The van der Waals surface area contributed by atoms with E-state index in [0.29, 0.717) is 0 Å². The highest BCUT2D eigenvalue weighted by Gasteiger charge is 1.98. The molecule has 0 bridgehead atoms. The van der Waals surface area contributed by atoms with Crippen LogP contribution in [0.3, 0.4) is 0 Å². The lowest BCUT2D eigenvalue weighted by atomic mass is 10.0. The average molecular weight is 182 g/mol. The van der Waals surface area contributed by atoms with Crippen LogP contribution in [0, 0.1) is 6.07 Å². The Morgan fingerprint density at radius 1 is 1.00 bits per heavy atom. The van der Waals surface area contributed by atoms with Gasteiger partial charge in [0, 0.05) is 11.8 Å². The summed E-state index contributed by atoms with van der Waals surface area (Å²) in [6.07, 6.45) is 0.879. The van der Waals surface area contributed by atoms with Gasteiger partial charge in [-0.05, 0) is 17.5 Å². The van der Waals surface area contributed by atoms with Crippen LogP contribution in [0.2, 0.25) is 0 Å². The van der Waals surface area contributed by atoms with Crippen molar-refractivity contribution >= 4 is 5.69 Å². The first-order valence-corrected chi connectivity index (χ1v) is 4.65. The van der Waals surface area contributed by atoms with Gasteiger partial charge in [-0.25, -0.2) is 0 Å². The second-order valence-corrected chi connectivity index (χ2v) is 3.27. The fourth-order valence-electron chi connectivity index (χ4n) is 1.45. The zero-order chi connectivity index (χ0) is 9.80. The smallest absolute Gasteiger partial charge is 0.0430 e. The summed E-state index contributed by atoms with van der Waals surface area (Å²) in [5.41, 5.74) is 8.97. The molecule has 2 N–H and O–H groups in total. The first-order chi connectivity index (χ1) is 6.86. The molecule has 0 spiro atoms. The van der Waals surface area contributed by atoms with Crippen LogP contribution < -0.4 is 5.73 Å². The van der Waals surface area contributed by atoms with E-state index in [2.05, 4.69) is 18.2 Å². The summed E-state index contributed by atoms with van der Waals surface area (Å²) in [7, 11) is 0. The second-order valence-electron chi connectivity index (χ2n) is 3.27. The maximum absolute atomic E-state index is 5.81. The summed E-state index contributed by atoms with van der Waals surface area (Å²) in [4.78, 5) is 0. The van der Waals surface area contributed by atoms with E-state index in [-0.39, 0.29) is 0 Å². The molecule has 0 saturated heterocycles. The largest absolute Gasteiger partial charge is 0.398 e. The van der Waals surface area contributed by atoms with Gasteiger partial charge in [-0.15, -0.1) is 0 Å². The van der Waals surface area contributed by atoms with Crippen molar-refractivity contribution in [2.75, 3.05) is 5.73 Å². The van der Waals surface area contributed by atoms with Gasteiger partial charge < -0.3 is 5.73 Å². The minimum atomic E-state index is 0.747.